The minimum atomic E-state index is -5.08. The van der Waals surface area contributed by atoms with Crippen molar-refractivity contribution in [2.24, 2.45) is 0 Å². The van der Waals surface area contributed by atoms with Gasteiger partial charge in [-0.2, -0.15) is 26.3 Å². The number of alkyl halides is 6. The van der Waals surface area contributed by atoms with Gasteiger partial charge in [0.1, 0.15) is 5.82 Å². The third-order valence-electron chi connectivity index (χ3n) is 7.74. The summed E-state index contributed by atoms with van der Waals surface area (Å²) in [6.07, 6.45) is -6.63. The molecule has 3 aromatic rings. The van der Waals surface area contributed by atoms with E-state index in [1.165, 1.54) is 27.1 Å². The largest absolute Gasteiger partial charge is 0.416 e. The quantitative estimate of drug-likeness (QED) is 0.276. The van der Waals surface area contributed by atoms with E-state index in [0.717, 1.165) is 11.2 Å². The molecule has 2 heterocycles. The summed E-state index contributed by atoms with van der Waals surface area (Å²) < 4.78 is 107. The van der Waals surface area contributed by atoms with Crippen LogP contribution < -0.4 is 14.5 Å². The molecular formula is C30H31ClF6N4O3S. The minimum Gasteiger partial charge on any atom is -0.356 e. The zero-order valence-electron chi connectivity index (χ0n) is 24.7. The summed E-state index contributed by atoms with van der Waals surface area (Å²) in [7, 11) is -2.01. The number of benzene rings is 2. The van der Waals surface area contributed by atoms with Gasteiger partial charge >= 0.3 is 12.4 Å². The highest BCUT2D eigenvalue weighted by Gasteiger charge is 2.41. The molecule has 7 nitrogen and oxygen atoms in total. The summed E-state index contributed by atoms with van der Waals surface area (Å²) in [5, 5.41) is 0.333. The Morgan fingerprint density at radius 2 is 1.47 bits per heavy atom. The number of sulfonamides is 1. The van der Waals surface area contributed by atoms with Crippen LogP contribution in [0.4, 0.5) is 37.8 Å². The third-order valence-corrected chi connectivity index (χ3v) is 8.83. The van der Waals surface area contributed by atoms with Gasteiger partial charge in [0.05, 0.1) is 34.7 Å². The SMILES string of the molecule is CN(C(=O)C(C)(C)c1cc(C(F)(F)F)cc(C(F)(F)F)c1)c1cnc(N2CCC(NS(C)(=O)=O)CC2)cc1-c1ccccc1Cl. The fraction of sp³-hybridized carbons (Fsp3) is 0.400. The predicted molar refractivity (Wildman–Crippen MR) is 161 cm³/mol. The van der Waals surface area contributed by atoms with Crippen LogP contribution in [0.2, 0.25) is 5.02 Å². The fourth-order valence-corrected chi connectivity index (χ4v) is 6.35. The number of nitrogens with one attached hydrogen (secondary N) is 1. The van der Waals surface area contributed by atoms with Gasteiger partial charge in [-0.05, 0) is 62.6 Å². The van der Waals surface area contributed by atoms with E-state index in [1.54, 1.807) is 30.3 Å². The number of nitrogens with zero attached hydrogens (tertiary/aromatic N) is 3. The van der Waals surface area contributed by atoms with E-state index < -0.39 is 50.4 Å². The van der Waals surface area contributed by atoms with E-state index >= 15 is 0 Å². The minimum absolute atomic E-state index is 0.0198. The Bertz CT molecular complexity index is 1660. The van der Waals surface area contributed by atoms with Gasteiger partial charge in [0.15, 0.2) is 0 Å². The van der Waals surface area contributed by atoms with Crippen LogP contribution in [0.1, 0.15) is 43.4 Å². The molecule has 1 amide bonds. The molecule has 0 aliphatic carbocycles. The molecular weight excluding hydrogens is 646 g/mol. The smallest absolute Gasteiger partial charge is 0.356 e. The Labute approximate surface area is 262 Å². The lowest BCUT2D eigenvalue weighted by atomic mass is 9.81. The van der Waals surface area contributed by atoms with Gasteiger partial charge in [-0.3, -0.25) is 4.79 Å². The first-order chi connectivity index (χ1) is 20.7. The highest BCUT2D eigenvalue weighted by Crippen LogP contribution is 2.42. The average Bonchev–Trinajstić information content (AvgIpc) is 2.95. The molecule has 0 bridgehead atoms. The normalized spacial score (nSPS) is 15.3. The number of carbonyl (C=O) groups is 1. The summed E-state index contributed by atoms with van der Waals surface area (Å²) in [6.45, 7) is 3.46. The number of piperidine rings is 1. The standard InChI is InChI=1S/C30H31ClF6N4O3S/c1-28(2,18-13-19(29(32,33)34)15-20(14-18)30(35,36)37)27(42)40(3)25-17-38-26(16-23(25)22-7-5-6-8-24(22)31)41-11-9-21(10-12-41)39-45(4,43)44/h5-8,13-17,21,39H,9-12H2,1-4H3. The molecule has 45 heavy (non-hydrogen) atoms. The first kappa shape index (κ1) is 34.5. The maximum Gasteiger partial charge on any atom is 0.416 e. The zero-order chi connectivity index (χ0) is 33.5. The van der Waals surface area contributed by atoms with Crippen LogP contribution in [-0.2, 0) is 32.6 Å². The molecule has 4 rings (SSSR count). The Morgan fingerprint density at radius 3 is 1.98 bits per heavy atom. The second kappa shape index (κ2) is 12.4. The number of amides is 1. The Hall–Kier alpha value is -3.36. The number of carbonyl (C=O) groups excluding carboxylic acids is 1. The number of aromatic nitrogens is 1. The van der Waals surface area contributed by atoms with E-state index in [0.29, 0.717) is 60.0 Å². The van der Waals surface area contributed by atoms with Crippen molar-refractivity contribution in [3.8, 4) is 11.1 Å². The molecule has 1 fully saturated rings. The number of hydrogen-bond donors (Lipinski definition) is 1. The lowest BCUT2D eigenvalue weighted by Crippen LogP contribution is -2.44. The lowest BCUT2D eigenvalue weighted by Gasteiger charge is -2.34. The van der Waals surface area contributed by atoms with Crippen molar-refractivity contribution in [2.75, 3.05) is 36.2 Å². The third kappa shape index (κ3) is 7.90. The van der Waals surface area contributed by atoms with Crippen LogP contribution >= 0.6 is 11.6 Å². The number of pyridine rings is 1. The van der Waals surface area contributed by atoms with E-state index in [4.69, 9.17) is 11.6 Å². The predicted octanol–water partition coefficient (Wildman–Crippen LogP) is 6.90. The zero-order valence-corrected chi connectivity index (χ0v) is 26.3. The van der Waals surface area contributed by atoms with Gasteiger partial charge < -0.3 is 9.80 Å². The van der Waals surface area contributed by atoms with E-state index in [1.807, 2.05) is 4.90 Å². The Kier molecular flexibility index (Phi) is 9.54. The molecule has 0 radical (unpaired) electrons. The number of hydrogen-bond acceptors (Lipinski definition) is 5. The molecule has 1 saturated heterocycles. The van der Waals surface area contributed by atoms with Crippen molar-refractivity contribution in [1.82, 2.24) is 9.71 Å². The molecule has 0 unspecified atom stereocenters. The molecule has 0 spiro atoms. The highest BCUT2D eigenvalue weighted by molar-refractivity contribution is 7.88. The number of anilines is 2. The summed E-state index contributed by atoms with van der Waals surface area (Å²) in [6, 6.07) is 9.36. The van der Waals surface area contributed by atoms with Crippen LogP contribution in [0.3, 0.4) is 0 Å². The second-order valence-electron chi connectivity index (χ2n) is 11.5. The molecule has 0 saturated carbocycles. The summed E-state index contributed by atoms with van der Waals surface area (Å²) in [4.78, 5) is 21.5. The van der Waals surface area contributed by atoms with Gasteiger partial charge in [0.25, 0.3) is 0 Å². The van der Waals surface area contributed by atoms with Crippen LogP contribution in [-0.4, -0.2) is 51.7 Å². The van der Waals surface area contributed by atoms with Crippen LogP contribution in [0.5, 0.6) is 0 Å². The van der Waals surface area contributed by atoms with Crippen molar-refractivity contribution in [1.29, 1.82) is 0 Å². The van der Waals surface area contributed by atoms with E-state index in [9.17, 15) is 39.6 Å². The second-order valence-corrected chi connectivity index (χ2v) is 13.7. The van der Waals surface area contributed by atoms with E-state index in [-0.39, 0.29) is 17.8 Å². The van der Waals surface area contributed by atoms with Crippen molar-refractivity contribution in [3.63, 3.8) is 0 Å². The first-order valence-electron chi connectivity index (χ1n) is 13.7. The first-order valence-corrected chi connectivity index (χ1v) is 16.0. The van der Waals surface area contributed by atoms with E-state index in [2.05, 4.69) is 9.71 Å². The van der Waals surface area contributed by atoms with Crippen molar-refractivity contribution < 1.29 is 39.6 Å². The Morgan fingerprint density at radius 1 is 0.933 bits per heavy atom. The molecule has 1 N–H and O–H groups in total. The molecule has 0 atom stereocenters. The fourth-order valence-electron chi connectivity index (χ4n) is 5.27. The van der Waals surface area contributed by atoms with Gasteiger partial charge in [0, 0.05) is 42.3 Å². The molecule has 1 aromatic heterocycles. The maximum atomic E-state index is 13.9. The van der Waals surface area contributed by atoms with Crippen molar-refractivity contribution in [2.45, 2.75) is 50.5 Å². The summed E-state index contributed by atoms with van der Waals surface area (Å²) in [5.41, 5.74) is -4.14. The van der Waals surface area contributed by atoms with Crippen molar-refractivity contribution >= 4 is 39.0 Å². The van der Waals surface area contributed by atoms with Crippen molar-refractivity contribution in [3.05, 3.63) is 76.4 Å². The molecule has 1 aliphatic rings. The van der Waals surface area contributed by atoms with Crippen LogP contribution in [0.15, 0.2) is 54.7 Å². The van der Waals surface area contributed by atoms with Gasteiger partial charge in [-0.1, -0.05) is 29.8 Å². The lowest BCUT2D eigenvalue weighted by molar-refractivity contribution is -0.143. The molecule has 1 aliphatic heterocycles. The summed E-state index contributed by atoms with van der Waals surface area (Å²) >= 11 is 6.52. The molecule has 244 valence electrons. The van der Waals surface area contributed by atoms with Crippen LogP contribution in [0.25, 0.3) is 11.1 Å². The average molecular weight is 677 g/mol. The number of rotatable bonds is 7. The van der Waals surface area contributed by atoms with Gasteiger partial charge in [-0.15, -0.1) is 0 Å². The number of halogens is 7. The summed E-state index contributed by atoms with van der Waals surface area (Å²) in [5.74, 6) is -0.273. The van der Waals surface area contributed by atoms with Crippen LogP contribution in [0, 0.1) is 0 Å². The Balaban J connectivity index is 1.74. The number of likely N-dealkylation sites (N-methyl/N-ethyl adjacent to an activating group) is 1. The maximum absolute atomic E-state index is 13.9. The van der Waals surface area contributed by atoms with Gasteiger partial charge in [-0.25, -0.2) is 18.1 Å². The van der Waals surface area contributed by atoms with Gasteiger partial charge in [0.2, 0.25) is 15.9 Å². The molecule has 15 heteroatoms. The topological polar surface area (TPSA) is 82.6 Å². The highest BCUT2D eigenvalue weighted by atomic mass is 35.5. The molecule has 2 aromatic carbocycles. The monoisotopic (exact) mass is 676 g/mol.